The quantitative estimate of drug-likeness (QED) is 0.492. The van der Waals surface area contributed by atoms with Gasteiger partial charge in [-0.05, 0) is 22.8 Å². The van der Waals surface area contributed by atoms with Crippen molar-refractivity contribution in [2.75, 3.05) is 0 Å². The van der Waals surface area contributed by atoms with Crippen LogP contribution in [0.1, 0.15) is 12.5 Å². The molecule has 0 fully saturated rings. The molecule has 3 heteroatoms. The van der Waals surface area contributed by atoms with Crippen molar-refractivity contribution in [3.05, 3.63) is 72.3 Å². The molecule has 2 nitrogen and oxygen atoms in total. The molecule has 112 valence electrons. The number of hydrogen-bond donors (Lipinski definition) is 0. The summed E-state index contributed by atoms with van der Waals surface area (Å²) in [4.78, 5) is 0. The topological polar surface area (TPSA) is 25.8 Å². The van der Waals surface area contributed by atoms with E-state index >= 15 is 0 Å². The van der Waals surface area contributed by atoms with Gasteiger partial charge in [0.1, 0.15) is 10.0 Å². The van der Waals surface area contributed by atoms with Crippen molar-refractivity contribution >= 4 is 22.1 Å². The Kier molecular flexibility index (Phi) is 3.64. The van der Waals surface area contributed by atoms with Gasteiger partial charge in [-0.1, -0.05) is 85.0 Å². The van der Waals surface area contributed by atoms with Crippen LogP contribution in [0, 0.1) is 0 Å². The predicted molar refractivity (Wildman–Crippen MR) is 97.7 cm³/mol. The first kappa shape index (κ1) is 14.1. The molecule has 0 unspecified atom stereocenters. The van der Waals surface area contributed by atoms with Gasteiger partial charge in [0.05, 0.1) is 0 Å². The summed E-state index contributed by atoms with van der Waals surface area (Å²) in [6, 6.07) is 23.3. The molecule has 0 radical (unpaired) electrons. The maximum atomic E-state index is 4.42. The second kappa shape index (κ2) is 5.94. The highest BCUT2D eigenvalue weighted by atomic mass is 32.1. The minimum absolute atomic E-state index is 0.968. The Balaban J connectivity index is 1.77. The standard InChI is InChI=1S/C20H16N2S/c1-2-14-10-12-16(13-11-14)19-21-22-20(23-19)18-9-5-7-15-6-3-4-8-17(15)18/h3-13H,2H2,1H3. The summed E-state index contributed by atoms with van der Waals surface area (Å²) in [6.45, 7) is 2.17. The Hall–Kier alpha value is -2.52. The van der Waals surface area contributed by atoms with Crippen LogP contribution in [0.15, 0.2) is 66.7 Å². The Morgan fingerprint density at radius 3 is 2.35 bits per heavy atom. The van der Waals surface area contributed by atoms with Crippen LogP contribution in [0.3, 0.4) is 0 Å². The monoisotopic (exact) mass is 316 g/mol. The van der Waals surface area contributed by atoms with Gasteiger partial charge < -0.3 is 0 Å². The third-order valence-corrected chi connectivity index (χ3v) is 5.06. The van der Waals surface area contributed by atoms with Crippen LogP contribution in [0.25, 0.3) is 31.9 Å². The molecule has 1 heterocycles. The molecule has 4 aromatic rings. The molecule has 0 aliphatic rings. The summed E-state index contributed by atoms with van der Waals surface area (Å²) in [7, 11) is 0. The van der Waals surface area contributed by atoms with E-state index in [0.29, 0.717) is 0 Å². The zero-order valence-electron chi connectivity index (χ0n) is 12.9. The Labute approximate surface area is 139 Å². The Morgan fingerprint density at radius 1 is 0.783 bits per heavy atom. The molecule has 23 heavy (non-hydrogen) atoms. The van der Waals surface area contributed by atoms with Crippen molar-refractivity contribution in [2.45, 2.75) is 13.3 Å². The second-order valence-electron chi connectivity index (χ2n) is 5.49. The van der Waals surface area contributed by atoms with E-state index in [1.807, 2.05) is 0 Å². The van der Waals surface area contributed by atoms with Crippen molar-refractivity contribution in [1.82, 2.24) is 10.2 Å². The third-order valence-electron chi connectivity index (χ3n) is 4.05. The van der Waals surface area contributed by atoms with E-state index in [2.05, 4.69) is 83.9 Å². The van der Waals surface area contributed by atoms with Crippen LogP contribution < -0.4 is 0 Å². The normalized spacial score (nSPS) is 11.0. The van der Waals surface area contributed by atoms with Crippen LogP contribution >= 0.6 is 11.3 Å². The van der Waals surface area contributed by atoms with Crippen LogP contribution in [-0.2, 0) is 6.42 Å². The molecule has 0 spiro atoms. The lowest BCUT2D eigenvalue weighted by atomic mass is 10.1. The smallest absolute Gasteiger partial charge is 0.138 e. The summed E-state index contributed by atoms with van der Waals surface area (Å²) in [5.41, 5.74) is 3.62. The fraction of sp³-hybridized carbons (Fsp3) is 0.100. The van der Waals surface area contributed by atoms with E-state index in [1.165, 1.54) is 16.3 Å². The van der Waals surface area contributed by atoms with Gasteiger partial charge in [0, 0.05) is 11.1 Å². The van der Waals surface area contributed by atoms with Crippen LogP contribution in [-0.4, -0.2) is 10.2 Å². The van der Waals surface area contributed by atoms with E-state index in [0.717, 1.165) is 27.6 Å². The molecule has 0 saturated heterocycles. The van der Waals surface area contributed by atoms with Gasteiger partial charge in [-0.3, -0.25) is 0 Å². The molecule has 4 rings (SSSR count). The SMILES string of the molecule is CCc1ccc(-c2nnc(-c3cccc4ccccc34)s2)cc1. The molecular weight excluding hydrogens is 300 g/mol. The van der Waals surface area contributed by atoms with E-state index in [1.54, 1.807) is 11.3 Å². The lowest BCUT2D eigenvalue weighted by molar-refractivity contribution is 1.10. The lowest BCUT2D eigenvalue weighted by Gasteiger charge is -2.02. The minimum atomic E-state index is 0.968. The fourth-order valence-electron chi connectivity index (χ4n) is 2.74. The number of hydrogen-bond acceptors (Lipinski definition) is 3. The highest BCUT2D eigenvalue weighted by Crippen LogP contribution is 2.34. The first-order valence-electron chi connectivity index (χ1n) is 7.76. The molecule has 1 aromatic heterocycles. The van der Waals surface area contributed by atoms with Gasteiger partial charge in [-0.25, -0.2) is 0 Å². The van der Waals surface area contributed by atoms with Gasteiger partial charge in [0.2, 0.25) is 0 Å². The zero-order valence-corrected chi connectivity index (χ0v) is 13.7. The highest BCUT2D eigenvalue weighted by Gasteiger charge is 2.11. The highest BCUT2D eigenvalue weighted by molar-refractivity contribution is 7.18. The molecule has 0 atom stereocenters. The summed E-state index contributed by atoms with van der Waals surface area (Å²) < 4.78 is 0. The molecule has 0 saturated carbocycles. The number of benzene rings is 3. The van der Waals surface area contributed by atoms with Crippen molar-refractivity contribution in [1.29, 1.82) is 0 Å². The molecule has 0 aliphatic heterocycles. The number of aryl methyl sites for hydroxylation is 1. The van der Waals surface area contributed by atoms with Crippen LogP contribution in [0.2, 0.25) is 0 Å². The van der Waals surface area contributed by atoms with Gasteiger partial charge in [-0.2, -0.15) is 0 Å². The number of fused-ring (bicyclic) bond motifs is 1. The summed E-state index contributed by atoms with van der Waals surface area (Å²) in [6.07, 6.45) is 1.05. The first-order valence-corrected chi connectivity index (χ1v) is 8.58. The van der Waals surface area contributed by atoms with E-state index in [-0.39, 0.29) is 0 Å². The number of rotatable bonds is 3. The van der Waals surface area contributed by atoms with E-state index < -0.39 is 0 Å². The second-order valence-corrected chi connectivity index (χ2v) is 6.47. The largest absolute Gasteiger partial charge is 0.148 e. The van der Waals surface area contributed by atoms with E-state index in [4.69, 9.17) is 0 Å². The predicted octanol–water partition coefficient (Wildman–Crippen LogP) is 5.59. The van der Waals surface area contributed by atoms with Crippen LogP contribution in [0.4, 0.5) is 0 Å². The maximum Gasteiger partial charge on any atom is 0.148 e. The molecule has 0 bridgehead atoms. The molecule has 0 amide bonds. The Bertz CT molecular complexity index is 949. The molecule has 0 aliphatic carbocycles. The van der Waals surface area contributed by atoms with Crippen molar-refractivity contribution < 1.29 is 0 Å². The third kappa shape index (κ3) is 2.64. The van der Waals surface area contributed by atoms with Gasteiger partial charge in [-0.15, -0.1) is 10.2 Å². The van der Waals surface area contributed by atoms with Gasteiger partial charge >= 0.3 is 0 Å². The van der Waals surface area contributed by atoms with Crippen molar-refractivity contribution in [3.8, 4) is 21.1 Å². The molecular formula is C20H16N2S. The lowest BCUT2D eigenvalue weighted by Crippen LogP contribution is -1.81. The van der Waals surface area contributed by atoms with Crippen molar-refractivity contribution in [3.63, 3.8) is 0 Å². The Morgan fingerprint density at radius 2 is 1.52 bits per heavy atom. The summed E-state index contributed by atoms with van der Waals surface area (Å²) in [5.74, 6) is 0. The van der Waals surface area contributed by atoms with Crippen molar-refractivity contribution in [2.24, 2.45) is 0 Å². The minimum Gasteiger partial charge on any atom is -0.138 e. The van der Waals surface area contributed by atoms with E-state index in [9.17, 15) is 0 Å². The summed E-state index contributed by atoms with van der Waals surface area (Å²) >= 11 is 1.65. The van der Waals surface area contributed by atoms with Gasteiger partial charge in [0.25, 0.3) is 0 Å². The zero-order chi connectivity index (χ0) is 15.6. The fourth-order valence-corrected chi connectivity index (χ4v) is 3.63. The van der Waals surface area contributed by atoms with Gasteiger partial charge in [0.15, 0.2) is 0 Å². The maximum absolute atomic E-state index is 4.42. The number of nitrogens with zero attached hydrogens (tertiary/aromatic N) is 2. The summed E-state index contributed by atoms with van der Waals surface area (Å²) in [5, 5.41) is 13.2. The van der Waals surface area contributed by atoms with Crippen LogP contribution in [0.5, 0.6) is 0 Å². The molecule has 0 N–H and O–H groups in total. The molecule has 3 aromatic carbocycles. The average molecular weight is 316 g/mol. The number of aromatic nitrogens is 2. The average Bonchev–Trinajstić information content (AvgIpc) is 3.11. The first-order chi connectivity index (χ1) is 11.3.